The lowest BCUT2D eigenvalue weighted by atomic mass is 10.1. The summed E-state index contributed by atoms with van der Waals surface area (Å²) in [6, 6.07) is 19.6. The number of benzene rings is 2. The number of pyridine rings is 1. The van der Waals surface area contributed by atoms with E-state index in [1.54, 1.807) is 23.2 Å². The van der Waals surface area contributed by atoms with Gasteiger partial charge in [0.1, 0.15) is 22.5 Å². The van der Waals surface area contributed by atoms with E-state index in [0.717, 1.165) is 47.2 Å². The minimum atomic E-state index is -0.210. The summed E-state index contributed by atoms with van der Waals surface area (Å²) < 4.78 is 3.50. The van der Waals surface area contributed by atoms with Gasteiger partial charge in [0.2, 0.25) is 0 Å². The van der Waals surface area contributed by atoms with E-state index in [1.807, 2.05) is 53.1 Å². The molecule has 0 radical (unpaired) electrons. The Morgan fingerprint density at radius 2 is 1.87 bits per heavy atom. The van der Waals surface area contributed by atoms with Crippen LogP contribution in [0.3, 0.4) is 0 Å². The summed E-state index contributed by atoms with van der Waals surface area (Å²) in [6.07, 6.45) is 5.17. The van der Waals surface area contributed by atoms with E-state index in [1.165, 1.54) is 0 Å². The van der Waals surface area contributed by atoms with Crippen molar-refractivity contribution in [1.29, 1.82) is 5.26 Å². The first kappa shape index (κ1) is 23.7. The van der Waals surface area contributed by atoms with Crippen LogP contribution < -0.4 is 21.9 Å². The highest BCUT2D eigenvalue weighted by Crippen LogP contribution is 2.35. The number of hydrogen-bond acceptors (Lipinski definition) is 7. The number of nitrogens with two attached hydrogens (primary N) is 2. The van der Waals surface area contributed by atoms with Crippen LogP contribution in [-0.2, 0) is 13.1 Å². The number of anilines is 2. The highest BCUT2D eigenvalue weighted by molar-refractivity contribution is 5.96. The van der Waals surface area contributed by atoms with E-state index >= 15 is 0 Å². The summed E-state index contributed by atoms with van der Waals surface area (Å²) in [5, 5.41) is 11.8. The van der Waals surface area contributed by atoms with Gasteiger partial charge in [-0.25, -0.2) is 4.98 Å². The molecule has 1 aliphatic rings. The lowest BCUT2D eigenvalue weighted by Gasteiger charge is -2.33. The van der Waals surface area contributed by atoms with Crippen LogP contribution in [0.4, 0.5) is 11.5 Å². The quantitative estimate of drug-likeness (QED) is 0.376. The summed E-state index contributed by atoms with van der Waals surface area (Å²) in [5.41, 5.74) is 16.3. The third-order valence-electron chi connectivity index (χ3n) is 7.34. The van der Waals surface area contributed by atoms with Crippen LogP contribution in [0, 0.1) is 11.3 Å². The molecule has 0 bridgehead atoms. The van der Waals surface area contributed by atoms with Crippen LogP contribution >= 0.6 is 0 Å². The molecule has 0 unspecified atom stereocenters. The van der Waals surface area contributed by atoms with Crippen molar-refractivity contribution in [2.24, 2.45) is 5.73 Å². The van der Waals surface area contributed by atoms with Gasteiger partial charge in [0.15, 0.2) is 0 Å². The van der Waals surface area contributed by atoms with Crippen molar-refractivity contribution in [3.8, 4) is 6.07 Å². The van der Waals surface area contributed by atoms with Crippen molar-refractivity contribution in [2.75, 3.05) is 23.7 Å². The van der Waals surface area contributed by atoms with Gasteiger partial charge in [-0.15, -0.1) is 0 Å². The highest BCUT2D eigenvalue weighted by atomic mass is 16.1. The Morgan fingerprint density at radius 3 is 2.71 bits per heavy atom. The van der Waals surface area contributed by atoms with Gasteiger partial charge in [-0.1, -0.05) is 42.5 Å². The molecule has 5 aromatic rings. The fourth-order valence-electron chi connectivity index (χ4n) is 5.49. The van der Waals surface area contributed by atoms with Crippen LogP contribution in [0.15, 0.2) is 71.9 Å². The molecule has 0 spiro atoms. The molecule has 2 aromatic carbocycles. The van der Waals surface area contributed by atoms with Crippen molar-refractivity contribution in [1.82, 2.24) is 19.1 Å². The largest absolute Gasteiger partial charge is 0.394 e. The average Bonchev–Trinajstić information content (AvgIpc) is 3.22. The van der Waals surface area contributed by atoms with Gasteiger partial charge in [0.25, 0.3) is 5.56 Å². The number of nitriles is 1. The lowest BCUT2D eigenvalue weighted by Crippen LogP contribution is -2.44. The normalized spacial score (nSPS) is 15.7. The summed E-state index contributed by atoms with van der Waals surface area (Å²) in [7, 11) is 0. The Balaban J connectivity index is 1.54. The second kappa shape index (κ2) is 9.65. The predicted octanol–water partition coefficient (Wildman–Crippen LogP) is 3.22. The minimum absolute atomic E-state index is 0.0167. The van der Waals surface area contributed by atoms with Crippen molar-refractivity contribution >= 4 is 33.3 Å². The second-order valence-corrected chi connectivity index (χ2v) is 9.79. The molecule has 1 saturated heterocycles. The predicted molar refractivity (Wildman–Crippen MR) is 149 cm³/mol. The van der Waals surface area contributed by atoms with Gasteiger partial charge in [-0.3, -0.25) is 14.3 Å². The molecule has 0 saturated carbocycles. The third kappa shape index (κ3) is 4.05. The average molecular weight is 505 g/mol. The maximum atomic E-state index is 14.1. The Labute approximate surface area is 219 Å². The zero-order valence-electron chi connectivity index (χ0n) is 20.9. The molecule has 4 heterocycles. The van der Waals surface area contributed by atoms with Gasteiger partial charge >= 0.3 is 0 Å². The van der Waals surface area contributed by atoms with Crippen LogP contribution in [0.1, 0.15) is 29.7 Å². The first-order chi connectivity index (χ1) is 18.5. The van der Waals surface area contributed by atoms with Gasteiger partial charge in [0.05, 0.1) is 36.7 Å². The molecule has 1 fully saturated rings. The van der Waals surface area contributed by atoms with E-state index in [2.05, 4.69) is 20.9 Å². The second-order valence-electron chi connectivity index (χ2n) is 9.79. The topological polar surface area (TPSA) is 132 Å². The fourth-order valence-corrected chi connectivity index (χ4v) is 5.49. The summed E-state index contributed by atoms with van der Waals surface area (Å²) in [5.74, 6) is 0.730. The standard InChI is InChI=1S/C29H28N8O/c30-14-20-7-1-2-8-21(20)15-37-27-26(25(32)28(37)35-13-5-9-22(31)16-35)34-18-36(29(27)38)17-24-23-10-4-3-6-19(23)11-12-33-24/h1-4,6-8,10-12,18,22H,5,9,13,15-17,31-32H2/t22-/m0/s1. The van der Waals surface area contributed by atoms with E-state index in [4.69, 9.17) is 11.5 Å². The third-order valence-corrected chi connectivity index (χ3v) is 7.34. The molecular weight excluding hydrogens is 476 g/mol. The number of rotatable bonds is 5. The molecule has 0 aliphatic carbocycles. The first-order valence-electron chi connectivity index (χ1n) is 12.7. The first-order valence-corrected chi connectivity index (χ1v) is 12.7. The highest BCUT2D eigenvalue weighted by Gasteiger charge is 2.27. The molecule has 9 heteroatoms. The molecule has 38 heavy (non-hydrogen) atoms. The molecule has 4 N–H and O–H groups in total. The number of aromatic nitrogens is 4. The SMILES string of the molecule is N#Cc1ccccc1Cn1c(N2CCC[C@H](N)C2)c(N)c2ncn(Cc3nccc4ccccc34)c(=O)c21. The van der Waals surface area contributed by atoms with Crippen LogP contribution in [-0.4, -0.2) is 38.2 Å². The number of nitrogen functional groups attached to an aromatic ring is 1. The van der Waals surface area contributed by atoms with E-state index in [0.29, 0.717) is 35.4 Å². The smallest absolute Gasteiger partial charge is 0.278 e. The Morgan fingerprint density at radius 1 is 1.05 bits per heavy atom. The Bertz CT molecular complexity index is 1760. The molecule has 3 aromatic heterocycles. The Kier molecular flexibility index (Phi) is 6.02. The van der Waals surface area contributed by atoms with Crippen molar-refractivity contribution in [3.63, 3.8) is 0 Å². The van der Waals surface area contributed by atoms with Gasteiger partial charge in [-0.05, 0) is 35.9 Å². The zero-order valence-corrected chi connectivity index (χ0v) is 20.9. The zero-order chi connectivity index (χ0) is 26.2. The van der Waals surface area contributed by atoms with Gasteiger partial charge in [0, 0.05) is 30.7 Å². The molecule has 9 nitrogen and oxygen atoms in total. The number of fused-ring (bicyclic) bond motifs is 2. The summed E-state index contributed by atoms with van der Waals surface area (Å²) in [6.45, 7) is 2.00. The maximum Gasteiger partial charge on any atom is 0.278 e. The molecular formula is C29H28N8O. The molecule has 0 amide bonds. The summed E-state index contributed by atoms with van der Waals surface area (Å²) >= 11 is 0. The summed E-state index contributed by atoms with van der Waals surface area (Å²) in [4.78, 5) is 25.4. The van der Waals surface area contributed by atoms with E-state index < -0.39 is 0 Å². The molecule has 1 atom stereocenters. The minimum Gasteiger partial charge on any atom is -0.394 e. The van der Waals surface area contributed by atoms with Gasteiger partial charge in [-0.2, -0.15) is 5.26 Å². The van der Waals surface area contributed by atoms with E-state index in [9.17, 15) is 10.1 Å². The molecule has 190 valence electrons. The molecule has 6 rings (SSSR count). The van der Waals surface area contributed by atoms with Gasteiger partial charge < -0.3 is 20.9 Å². The van der Waals surface area contributed by atoms with E-state index in [-0.39, 0.29) is 18.1 Å². The fraction of sp³-hybridized carbons (Fsp3) is 0.241. The molecule has 1 aliphatic heterocycles. The number of hydrogen-bond donors (Lipinski definition) is 2. The lowest BCUT2D eigenvalue weighted by molar-refractivity contribution is 0.499. The number of nitrogens with zero attached hydrogens (tertiary/aromatic N) is 6. The van der Waals surface area contributed by atoms with Crippen molar-refractivity contribution in [2.45, 2.75) is 32.0 Å². The van der Waals surface area contributed by atoms with Crippen LogP contribution in [0.5, 0.6) is 0 Å². The monoisotopic (exact) mass is 504 g/mol. The Hall–Kier alpha value is -4.68. The van der Waals surface area contributed by atoms with Crippen molar-refractivity contribution < 1.29 is 0 Å². The van der Waals surface area contributed by atoms with Crippen molar-refractivity contribution in [3.05, 3.63) is 94.3 Å². The number of piperidine rings is 1. The maximum absolute atomic E-state index is 14.1. The van der Waals surface area contributed by atoms with Crippen LogP contribution in [0.2, 0.25) is 0 Å². The van der Waals surface area contributed by atoms with Crippen LogP contribution in [0.25, 0.3) is 21.8 Å².